The Morgan fingerprint density at radius 3 is 2.89 bits per heavy atom. The number of carbonyl (C=O) groups excluding carboxylic acids is 1. The summed E-state index contributed by atoms with van der Waals surface area (Å²) >= 11 is 1.36. The first-order valence-corrected chi connectivity index (χ1v) is 6.32. The van der Waals surface area contributed by atoms with E-state index < -0.39 is 0 Å². The molecule has 18 heavy (non-hydrogen) atoms. The van der Waals surface area contributed by atoms with Crippen molar-refractivity contribution in [2.24, 2.45) is 0 Å². The lowest BCUT2D eigenvalue weighted by Crippen LogP contribution is -2.25. The van der Waals surface area contributed by atoms with Gasteiger partial charge in [-0.3, -0.25) is 4.79 Å². The lowest BCUT2D eigenvalue weighted by Gasteiger charge is -2.02. The van der Waals surface area contributed by atoms with Gasteiger partial charge < -0.3 is 15.6 Å². The fraction of sp³-hybridized carbons (Fsp3) is 0.364. The number of hydrogen-bond donors (Lipinski definition) is 2. The van der Waals surface area contributed by atoms with Gasteiger partial charge in [0.25, 0.3) is 0 Å². The van der Waals surface area contributed by atoms with Crippen molar-refractivity contribution in [3.8, 4) is 0 Å². The molecule has 0 aliphatic carbocycles. The van der Waals surface area contributed by atoms with Gasteiger partial charge in [0.1, 0.15) is 5.76 Å². The molecule has 2 aromatic heterocycles. The van der Waals surface area contributed by atoms with E-state index in [1.54, 1.807) is 6.92 Å². The maximum Gasteiger partial charge on any atom is 0.224 e. The van der Waals surface area contributed by atoms with Crippen molar-refractivity contribution < 1.29 is 9.32 Å². The van der Waals surface area contributed by atoms with Crippen LogP contribution in [0, 0.1) is 13.8 Å². The second-order valence-electron chi connectivity index (χ2n) is 3.93. The van der Waals surface area contributed by atoms with Gasteiger partial charge >= 0.3 is 0 Å². The van der Waals surface area contributed by atoms with Crippen molar-refractivity contribution in [1.29, 1.82) is 0 Å². The summed E-state index contributed by atoms with van der Waals surface area (Å²) in [5, 5.41) is 8.92. The molecular weight excluding hydrogens is 252 g/mol. The molecule has 6 nitrogen and oxygen atoms in total. The lowest BCUT2D eigenvalue weighted by molar-refractivity contribution is -0.120. The molecule has 1 amide bonds. The molecule has 0 spiro atoms. The smallest absolute Gasteiger partial charge is 0.224 e. The number of rotatable bonds is 4. The van der Waals surface area contributed by atoms with E-state index >= 15 is 0 Å². The van der Waals surface area contributed by atoms with E-state index in [0.717, 1.165) is 17.0 Å². The molecule has 0 fully saturated rings. The van der Waals surface area contributed by atoms with Crippen molar-refractivity contribution in [2.45, 2.75) is 26.8 Å². The van der Waals surface area contributed by atoms with E-state index in [1.807, 2.05) is 12.3 Å². The minimum Gasteiger partial charge on any atom is -0.375 e. The summed E-state index contributed by atoms with van der Waals surface area (Å²) in [5.41, 5.74) is 7.87. The molecule has 0 radical (unpaired) electrons. The standard InChI is InChI=1S/C11H14N4O2S/c1-6-9(7(2)17-15-6)3-10(16)13-4-8-5-18-11(12)14-8/h5H,3-4H2,1-2H3,(H2,12,14)(H,13,16). The highest BCUT2D eigenvalue weighted by atomic mass is 32.1. The Labute approximate surface area is 108 Å². The SMILES string of the molecule is Cc1noc(C)c1CC(=O)NCc1csc(N)n1. The van der Waals surface area contributed by atoms with Gasteiger partial charge in [-0.15, -0.1) is 11.3 Å². The summed E-state index contributed by atoms with van der Waals surface area (Å²) < 4.78 is 5.01. The van der Waals surface area contributed by atoms with E-state index in [2.05, 4.69) is 15.5 Å². The van der Waals surface area contributed by atoms with Crippen LogP contribution in [0.4, 0.5) is 5.13 Å². The Balaban J connectivity index is 1.89. The number of thiazole rings is 1. The number of nitrogens with one attached hydrogen (secondary N) is 1. The van der Waals surface area contributed by atoms with Crippen molar-refractivity contribution in [3.05, 3.63) is 28.1 Å². The fourth-order valence-corrected chi connectivity index (χ4v) is 2.13. The molecule has 0 atom stereocenters. The Bertz CT molecular complexity index is 542. The van der Waals surface area contributed by atoms with E-state index in [0.29, 0.717) is 17.4 Å². The number of carbonyl (C=O) groups is 1. The van der Waals surface area contributed by atoms with Gasteiger partial charge in [-0.1, -0.05) is 5.16 Å². The van der Waals surface area contributed by atoms with Gasteiger partial charge in [-0.05, 0) is 13.8 Å². The van der Waals surface area contributed by atoms with Crippen LogP contribution in [-0.4, -0.2) is 16.0 Å². The molecule has 2 rings (SSSR count). The van der Waals surface area contributed by atoms with E-state index in [-0.39, 0.29) is 12.3 Å². The predicted octanol–water partition coefficient (Wildman–Crippen LogP) is 1.19. The van der Waals surface area contributed by atoms with Gasteiger partial charge in [0, 0.05) is 10.9 Å². The second kappa shape index (κ2) is 5.18. The normalized spacial score (nSPS) is 10.6. The van der Waals surface area contributed by atoms with Crippen LogP contribution in [0.1, 0.15) is 22.7 Å². The van der Waals surface area contributed by atoms with Gasteiger partial charge in [-0.25, -0.2) is 4.98 Å². The zero-order chi connectivity index (χ0) is 13.1. The third kappa shape index (κ3) is 2.86. The molecule has 3 N–H and O–H groups in total. The average molecular weight is 266 g/mol. The number of hydrogen-bond acceptors (Lipinski definition) is 6. The van der Waals surface area contributed by atoms with Crippen LogP contribution in [0.2, 0.25) is 0 Å². The molecular formula is C11H14N4O2S. The third-order valence-electron chi connectivity index (χ3n) is 2.55. The maximum atomic E-state index is 11.8. The quantitative estimate of drug-likeness (QED) is 0.866. The topological polar surface area (TPSA) is 94.0 Å². The molecule has 7 heteroatoms. The minimum absolute atomic E-state index is 0.0871. The van der Waals surface area contributed by atoms with E-state index in [1.165, 1.54) is 11.3 Å². The van der Waals surface area contributed by atoms with Crippen LogP contribution in [-0.2, 0) is 17.8 Å². The van der Waals surface area contributed by atoms with E-state index in [4.69, 9.17) is 10.3 Å². The number of nitrogens with two attached hydrogens (primary N) is 1. The second-order valence-corrected chi connectivity index (χ2v) is 4.82. The molecule has 2 aromatic rings. The zero-order valence-corrected chi connectivity index (χ0v) is 11.0. The molecule has 0 saturated carbocycles. The van der Waals surface area contributed by atoms with Gasteiger partial charge in [-0.2, -0.15) is 0 Å². The third-order valence-corrected chi connectivity index (χ3v) is 3.28. The molecule has 0 aliphatic heterocycles. The summed E-state index contributed by atoms with van der Waals surface area (Å²) in [4.78, 5) is 15.8. The molecule has 2 heterocycles. The number of amides is 1. The van der Waals surface area contributed by atoms with Gasteiger partial charge in [0.2, 0.25) is 5.91 Å². The number of nitrogens with zero attached hydrogens (tertiary/aromatic N) is 2. The van der Waals surface area contributed by atoms with Crippen LogP contribution in [0.15, 0.2) is 9.90 Å². The average Bonchev–Trinajstić information content (AvgIpc) is 2.87. The van der Waals surface area contributed by atoms with Gasteiger partial charge in [0.05, 0.1) is 24.4 Å². The number of nitrogen functional groups attached to an aromatic ring is 1. The number of anilines is 1. The first-order chi connectivity index (χ1) is 8.56. The highest BCUT2D eigenvalue weighted by Gasteiger charge is 2.13. The Hall–Kier alpha value is -1.89. The summed E-state index contributed by atoms with van der Waals surface area (Å²) in [6.45, 7) is 4.00. The van der Waals surface area contributed by atoms with Crippen molar-refractivity contribution in [2.75, 3.05) is 5.73 Å². The van der Waals surface area contributed by atoms with Crippen molar-refractivity contribution in [1.82, 2.24) is 15.5 Å². The first kappa shape index (κ1) is 12.6. The lowest BCUT2D eigenvalue weighted by atomic mass is 10.1. The summed E-state index contributed by atoms with van der Waals surface area (Å²) in [6, 6.07) is 0. The molecule has 0 bridgehead atoms. The Kier molecular flexibility index (Phi) is 3.61. The largest absolute Gasteiger partial charge is 0.375 e. The maximum absolute atomic E-state index is 11.8. The van der Waals surface area contributed by atoms with Crippen LogP contribution < -0.4 is 11.1 Å². The molecule has 96 valence electrons. The first-order valence-electron chi connectivity index (χ1n) is 5.44. The monoisotopic (exact) mass is 266 g/mol. The summed E-state index contributed by atoms with van der Waals surface area (Å²) in [7, 11) is 0. The fourth-order valence-electron chi connectivity index (χ4n) is 1.57. The molecule has 0 unspecified atom stereocenters. The van der Waals surface area contributed by atoms with Crippen LogP contribution >= 0.6 is 11.3 Å². The summed E-state index contributed by atoms with van der Waals surface area (Å²) in [6.07, 6.45) is 0.265. The molecule has 0 aliphatic rings. The highest BCUT2D eigenvalue weighted by molar-refractivity contribution is 7.13. The van der Waals surface area contributed by atoms with Crippen LogP contribution in [0.25, 0.3) is 0 Å². The van der Waals surface area contributed by atoms with Crippen LogP contribution in [0.3, 0.4) is 0 Å². The molecule has 0 aromatic carbocycles. The van der Waals surface area contributed by atoms with Gasteiger partial charge in [0.15, 0.2) is 5.13 Å². The summed E-state index contributed by atoms with van der Waals surface area (Å²) in [5.74, 6) is 0.594. The molecule has 0 saturated heterocycles. The Morgan fingerprint density at radius 1 is 1.56 bits per heavy atom. The van der Waals surface area contributed by atoms with Crippen molar-refractivity contribution >= 4 is 22.4 Å². The Morgan fingerprint density at radius 2 is 2.33 bits per heavy atom. The minimum atomic E-state index is -0.0871. The van der Waals surface area contributed by atoms with Crippen molar-refractivity contribution in [3.63, 3.8) is 0 Å². The zero-order valence-electron chi connectivity index (χ0n) is 10.2. The number of aryl methyl sites for hydroxylation is 2. The number of aromatic nitrogens is 2. The predicted molar refractivity (Wildman–Crippen MR) is 68.1 cm³/mol. The highest BCUT2D eigenvalue weighted by Crippen LogP contribution is 2.13. The van der Waals surface area contributed by atoms with E-state index in [9.17, 15) is 4.79 Å². The van der Waals surface area contributed by atoms with Crippen LogP contribution in [0.5, 0.6) is 0 Å².